The standard InChI is InChI=1S/C76H49NS/c1-4-26-51(27-5-1)75(52-28-6-2-7-29-52)65-40-17-15-36-62(65)74-61(38-23-43-68(74)75)63-49-70(58-34-12-13-35-60(58)73(63)59-37-22-25-50-24-10-11-32-55(50)59)77(53-30-8-3-9-31-53)54-46-47-57-56-33-14-16-39-64(56)76(69(57)48-54)66-41-18-20-44-71(66)78-72-45-21-19-42-67(72)76/h1-49H. The van der Waals surface area contributed by atoms with E-state index in [0.29, 0.717) is 0 Å². The van der Waals surface area contributed by atoms with Gasteiger partial charge in [0.05, 0.1) is 16.5 Å². The second kappa shape index (κ2) is 17.5. The summed E-state index contributed by atoms with van der Waals surface area (Å²) < 4.78 is 0. The third kappa shape index (κ3) is 6.27. The van der Waals surface area contributed by atoms with Gasteiger partial charge in [0, 0.05) is 26.6 Å². The molecule has 0 aromatic heterocycles. The van der Waals surface area contributed by atoms with Gasteiger partial charge in [0.1, 0.15) is 0 Å². The first-order valence-corrected chi connectivity index (χ1v) is 27.9. The zero-order valence-electron chi connectivity index (χ0n) is 42.6. The van der Waals surface area contributed by atoms with Crippen LogP contribution in [0.25, 0.3) is 66.1 Å². The number of hydrogen-bond acceptors (Lipinski definition) is 2. The average molecular weight is 1010 g/mol. The van der Waals surface area contributed by atoms with Crippen LogP contribution in [0.5, 0.6) is 0 Å². The van der Waals surface area contributed by atoms with Crippen LogP contribution in [0.2, 0.25) is 0 Å². The molecule has 0 fully saturated rings. The van der Waals surface area contributed by atoms with Crippen LogP contribution in [0, 0.1) is 0 Å². The van der Waals surface area contributed by atoms with Gasteiger partial charge in [-0.05, 0) is 148 Å². The van der Waals surface area contributed by atoms with Crippen molar-refractivity contribution < 1.29 is 0 Å². The van der Waals surface area contributed by atoms with Crippen molar-refractivity contribution in [1.29, 1.82) is 0 Å². The molecule has 0 unspecified atom stereocenters. The molecule has 1 spiro atoms. The van der Waals surface area contributed by atoms with E-state index in [0.717, 1.165) is 17.1 Å². The summed E-state index contributed by atoms with van der Waals surface area (Å²) in [6.07, 6.45) is 0. The molecule has 13 aromatic rings. The molecule has 3 aliphatic rings. The predicted molar refractivity (Wildman–Crippen MR) is 326 cm³/mol. The molecule has 2 aliphatic carbocycles. The predicted octanol–water partition coefficient (Wildman–Crippen LogP) is 20.0. The molecule has 364 valence electrons. The maximum Gasteiger partial charge on any atom is 0.0736 e. The van der Waals surface area contributed by atoms with E-state index in [1.54, 1.807) is 0 Å². The maximum atomic E-state index is 2.54. The van der Waals surface area contributed by atoms with E-state index in [9.17, 15) is 0 Å². The van der Waals surface area contributed by atoms with E-state index >= 15 is 0 Å². The second-order valence-corrected chi connectivity index (χ2v) is 22.0. The van der Waals surface area contributed by atoms with E-state index in [2.05, 4.69) is 302 Å². The molecular formula is C76H49NS. The minimum atomic E-state index is -0.563. The van der Waals surface area contributed by atoms with Crippen LogP contribution in [0.3, 0.4) is 0 Å². The number of nitrogens with zero attached hydrogens (tertiary/aromatic N) is 1. The lowest BCUT2D eigenvalue weighted by atomic mass is 9.67. The molecule has 0 amide bonds. The topological polar surface area (TPSA) is 3.24 Å². The molecule has 0 radical (unpaired) electrons. The molecule has 1 nitrogen and oxygen atoms in total. The Morgan fingerprint density at radius 1 is 0.256 bits per heavy atom. The number of fused-ring (bicyclic) bond motifs is 14. The highest BCUT2D eigenvalue weighted by atomic mass is 32.2. The van der Waals surface area contributed by atoms with Crippen LogP contribution >= 0.6 is 11.8 Å². The van der Waals surface area contributed by atoms with Crippen LogP contribution in [0.4, 0.5) is 17.1 Å². The van der Waals surface area contributed by atoms with Crippen LogP contribution in [-0.2, 0) is 10.8 Å². The van der Waals surface area contributed by atoms with Gasteiger partial charge in [-0.1, -0.05) is 267 Å². The highest BCUT2D eigenvalue weighted by molar-refractivity contribution is 7.99. The zero-order valence-corrected chi connectivity index (χ0v) is 43.5. The molecule has 1 aliphatic heterocycles. The van der Waals surface area contributed by atoms with Gasteiger partial charge in [0.15, 0.2) is 0 Å². The van der Waals surface area contributed by atoms with Crippen molar-refractivity contribution in [2.75, 3.05) is 4.90 Å². The summed E-state index contributed by atoms with van der Waals surface area (Å²) in [5, 5.41) is 4.81. The number of anilines is 3. The number of hydrogen-bond donors (Lipinski definition) is 0. The van der Waals surface area contributed by atoms with Gasteiger partial charge in [0.2, 0.25) is 0 Å². The molecule has 2 heteroatoms. The molecule has 78 heavy (non-hydrogen) atoms. The first kappa shape index (κ1) is 44.8. The Morgan fingerprint density at radius 2 is 0.744 bits per heavy atom. The Labute approximate surface area is 459 Å². The van der Waals surface area contributed by atoms with Crippen molar-refractivity contribution in [3.63, 3.8) is 0 Å². The molecule has 0 saturated carbocycles. The monoisotopic (exact) mass is 1010 g/mol. The SMILES string of the molecule is c1ccc(N(c2ccc3c(c2)C2(c4ccccc4Sc4ccccc42)c2ccccc2-3)c2cc(-c3cccc4c3-c3ccccc3C4(c3ccccc3)c3ccccc3)c(-c3cccc4ccccc34)c3ccccc23)cc1. The normalized spacial score (nSPS) is 13.8. The van der Waals surface area contributed by atoms with Crippen molar-refractivity contribution in [2.45, 2.75) is 20.6 Å². The van der Waals surface area contributed by atoms with Crippen molar-refractivity contribution in [3.05, 3.63) is 342 Å². The molecule has 0 bridgehead atoms. The van der Waals surface area contributed by atoms with Gasteiger partial charge in [0.25, 0.3) is 0 Å². The molecule has 1 heterocycles. The largest absolute Gasteiger partial charge is 0.310 e. The van der Waals surface area contributed by atoms with Gasteiger partial charge in [-0.25, -0.2) is 0 Å². The van der Waals surface area contributed by atoms with Gasteiger partial charge in [-0.3, -0.25) is 0 Å². The minimum absolute atomic E-state index is 0.532. The molecule has 0 atom stereocenters. The Bertz CT molecular complexity index is 4450. The molecule has 13 aromatic carbocycles. The van der Waals surface area contributed by atoms with Crippen molar-refractivity contribution in [1.82, 2.24) is 0 Å². The van der Waals surface area contributed by atoms with Crippen molar-refractivity contribution in [2.24, 2.45) is 0 Å². The van der Waals surface area contributed by atoms with Gasteiger partial charge < -0.3 is 4.90 Å². The summed E-state index contributed by atoms with van der Waals surface area (Å²) >= 11 is 1.89. The third-order valence-electron chi connectivity index (χ3n) is 17.2. The Kier molecular flexibility index (Phi) is 10.1. The molecular weight excluding hydrogens is 959 g/mol. The van der Waals surface area contributed by atoms with E-state index < -0.39 is 10.8 Å². The van der Waals surface area contributed by atoms with E-state index in [-0.39, 0.29) is 0 Å². The number of benzene rings is 13. The summed E-state index contributed by atoms with van der Waals surface area (Å²) in [7, 11) is 0. The van der Waals surface area contributed by atoms with Gasteiger partial charge in [-0.15, -0.1) is 0 Å². The van der Waals surface area contributed by atoms with Crippen molar-refractivity contribution >= 4 is 50.4 Å². The molecule has 16 rings (SSSR count). The summed E-state index contributed by atoms with van der Waals surface area (Å²) in [5.41, 5.74) is 22.5. The first-order valence-electron chi connectivity index (χ1n) is 27.1. The summed E-state index contributed by atoms with van der Waals surface area (Å²) in [4.78, 5) is 5.13. The van der Waals surface area contributed by atoms with E-state index in [1.165, 1.54) is 120 Å². The fourth-order valence-corrected chi connectivity index (χ4v) is 15.4. The third-order valence-corrected chi connectivity index (χ3v) is 18.4. The van der Waals surface area contributed by atoms with Gasteiger partial charge >= 0.3 is 0 Å². The Hall–Kier alpha value is -9.47. The van der Waals surface area contributed by atoms with E-state index in [4.69, 9.17) is 0 Å². The summed E-state index contributed by atoms with van der Waals surface area (Å²) in [6.45, 7) is 0. The molecule has 0 saturated heterocycles. The molecule has 0 N–H and O–H groups in total. The maximum absolute atomic E-state index is 2.54. The van der Waals surface area contributed by atoms with Crippen LogP contribution in [0.15, 0.2) is 307 Å². The summed E-state index contributed by atoms with van der Waals surface area (Å²) in [6, 6.07) is 112. The number of rotatable bonds is 7. The first-order chi connectivity index (χ1) is 38.7. The highest BCUT2D eigenvalue weighted by Gasteiger charge is 2.51. The lowest BCUT2D eigenvalue weighted by Gasteiger charge is -2.40. The van der Waals surface area contributed by atoms with Crippen LogP contribution < -0.4 is 4.90 Å². The fraction of sp³-hybridized carbons (Fsp3) is 0.0263. The fourth-order valence-electron chi connectivity index (χ4n) is 14.2. The summed E-state index contributed by atoms with van der Waals surface area (Å²) in [5.74, 6) is 0. The quantitative estimate of drug-likeness (QED) is 0.157. The smallest absolute Gasteiger partial charge is 0.0736 e. The van der Waals surface area contributed by atoms with Crippen LogP contribution in [0.1, 0.15) is 44.5 Å². The second-order valence-electron chi connectivity index (χ2n) is 20.9. The zero-order chi connectivity index (χ0) is 51.4. The van der Waals surface area contributed by atoms with E-state index in [1.807, 2.05) is 11.8 Å². The lowest BCUT2D eigenvalue weighted by molar-refractivity contribution is 0.722. The lowest BCUT2D eigenvalue weighted by Crippen LogP contribution is -2.32. The van der Waals surface area contributed by atoms with Crippen molar-refractivity contribution in [3.8, 4) is 44.5 Å². The Morgan fingerprint density at radius 3 is 1.45 bits per heavy atom. The highest BCUT2D eigenvalue weighted by Crippen LogP contribution is 2.64. The number of para-hydroxylation sites is 1. The Balaban J connectivity index is 1.03. The average Bonchev–Trinajstić information content (AvgIpc) is 4.19. The van der Waals surface area contributed by atoms with Gasteiger partial charge in [-0.2, -0.15) is 0 Å². The minimum Gasteiger partial charge on any atom is -0.310 e. The van der Waals surface area contributed by atoms with Crippen LogP contribution in [-0.4, -0.2) is 0 Å².